The molecule has 0 radical (unpaired) electrons. The summed E-state index contributed by atoms with van der Waals surface area (Å²) in [7, 11) is 0. The summed E-state index contributed by atoms with van der Waals surface area (Å²) in [6.45, 7) is 3.37. The Morgan fingerprint density at radius 1 is 1.09 bits per heavy atom. The highest BCUT2D eigenvalue weighted by atomic mass is 16.4. The number of carboxylic acid groups (broad SMARTS) is 1. The van der Waals surface area contributed by atoms with Crippen molar-refractivity contribution in [3.05, 3.63) is 81.5 Å². The van der Waals surface area contributed by atoms with Gasteiger partial charge in [-0.25, -0.2) is 4.98 Å². The number of hydrogen-bond donors (Lipinski definition) is 2. The molecule has 2 heterocycles. The Hall–Kier alpha value is -4.14. The number of rotatable bonds is 9. The number of carbonyl (C=O) groups is 1. The number of tetrazole rings is 1. The van der Waals surface area contributed by atoms with Gasteiger partial charge in [0.1, 0.15) is 12.4 Å². The summed E-state index contributed by atoms with van der Waals surface area (Å²) in [5.74, 6) is -0.121. The number of benzene rings is 2. The zero-order chi connectivity index (χ0) is 24.1. The van der Waals surface area contributed by atoms with Crippen LogP contribution in [0.2, 0.25) is 0 Å². The molecule has 0 unspecified atom stereocenters. The second kappa shape index (κ2) is 10.2. The number of unbranched alkanes of at least 4 members (excludes halogenated alkanes) is 1. The van der Waals surface area contributed by atoms with Gasteiger partial charge >= 0.3 is 5.97 Å². The highest BCUT2D eigenvalue weighted by Crippen LogP contribution is 2.30. The van der Waals surface area contributed by atoms with Crippen molar-refractivity contribution < 1.29 is 9.90 Å². The third kappa shape index (κ3) is 4.93. The van der Waals surface area contributed by atoms with Crippen LogP contribution in [0.1, 0.15) is 42.4 Å². The molecular weight excluding hydrogens is 432 g/mol. The van der Waals surface area contributed by atoms with E-state index in [2.05, 4.69) is 32.5 Å². The average molecular weight is 459 g/mol. The van der Waals surface area contributed by atoms with Crippen molar-refractivity contribution in [1.29, 1.82) is 0 Å². The standard InChI is InChI=1S/C25H26N6O3/c1-3-4-9-22-21(25(34)31(15-23(32)33)16(2)26-22)14-17-10-12-18(13-11-17)19-7-5-6-8-20(19)24-27-29-30-28-24/h5-8,10-13H,3-4,9,14-15H2,1-2H3,(H,32,33)(H,27,28,29,30). The number of aliphatic carboxylic acids is 1. The lowest BCUT2D eigenvalue weighted by Gasteiger charge is -2.14. The van der Waals surface area contributed by atoms with Crippen LogP contribution in [0.3, 0.4) is 0 Å². The van der Waals surface area contributed by atoms with Crippen LogP contribution in [0.15, 0.2) is 53.3 Å². The number of carboxylic acids is 1. The van der Waals surface area contributed by atoms with E-state index in [9.17, 15) is 14.7 Å². The zero-order valence-corrected chi connectivity index (χ0v) is 19.2. The van der Waals surface area contributed by atoms with E-state index in [1.165, 1.54) is 4.57 Å². The molecule has 0 saturated carbocycles. The molecule has 0 aliphatic heterocycles. The van der Waals surface area contributed by atoms with Crippen LogP contribution >= 0.6 is 0 Å². The molecule has 2 N–H and O–H groups in total. The van der Waals surface area contributed by atoms with Crippen LogP contribution in [-0.4, -0.2) is 41.3 Å². The summed E-state index contributed by atoms with van der Waals surface area (Å²) < 4.78 is 1.24. The minimum absolute atomic E-state index is 0.285. The van der Waals surface area contributed by atoms with E-state index in [0.717, 1.165) is 40.8 Å². The first kappa shape index (κ1) is 23.0. The number of nitrogens with zero attached hydrogens (tertiary/aromatic N) is 5. The van der Waals surface area contributed by atoms with Gasteiger partial charge in [0.15, 0.2) is 0 Å². The zero-order valence-electron chi connectivity index (χ0n) is 19.2. The Kier molecular flexibility index (Phi) is 6.91. The third-order valence-corrected chi connectivity index (χ3v) is 5.76. The summed E-state index contributed by atoms with van der Waals surface area (Å²) in [5.41, 5.74) is 4.79. The number of hydrogen-bond acceptors (Lipinski definition) is 6. The molecule has 0 fully saturated rings. The van der Waals surface area contributed by atoms with Crippen molar-refractivity contribution in [1.82, 2.24) is 30.2 Å². The molecule has 9 nitrogen and oxygen atoms in total. The number of aryl methyl sites for hydroxylation is 2. The number of nitrogens with one attached hydrogen (secondary N) is 1. The van der Waals surface area contributed by atoms with E-state index in [-0.39, 0.29) is 5.56 Å². The average Bonchev–Trinajstić information content (AvgIpc) is 3.38. The van der Waals surface area contributed by atoms with Gasteiger partial charge in [-0.3, -0.25) is 14.2 Å². The largest absolute Gasteiger partial charge is 0.480 e. The van der Waals surface area contributed by atoms with E-state index in [1.807, 2.05) is 48.5 Å². The van der Waals surface area contributed by atoms with Gasteiger partial charge in [-0.2, -0.15) is 5.21 Å². The minimum Gasteiger partial charge on any atom is -0.480 e. The van der Waals surface area contributed by atoms with Crippen LogP contribution in [0.4, 0.5) is 0 Å². The quantitative estimate of drug-likeness (QED) is 0.393. The van der Waals surface area contributed by atoms with Gasteiger partial charge in [-0.15, -0.1) is 10.2 Å². The van der Waals surface area contributed by atoms with Crippen molar-refractivity contribution in [2.45, 2.75) is 46.1 Å². The highest BCUT2D eigenvalue weighted by Gasteiger charge is 2.17. The van der Waals surface area contributed by atoms with Gasteiger partial charge in [0.2, 0.25) is 5.82 Å². The fraction of sp³-hybridized carbons (Fsp3) is 0.280. The molecule has 34 heavy (non-hydrogen) atoms. The summed E-state index contributed by atoms with van der Waals surface area (Å²) in [6, 6.07) is 15.8. The Bertz CT molecular complexity index is 1340. The molecule has 0 amide bonds. The van der Waals surface area contributed by atoms with Crippen molar-refractivity contribution in [2.24, 2.45) is 0 Å². The van der Waals surface area contributed by atoms with Crippen molar-refractivity contribution in [2.75, 3.05) is 0 Å². The molecule has 174 valence electrons. The molecule has 0 bridgehead atoms. The number of H-pyrrole nitrogens is 1. The first-order chi connectivity index (χ1) is 16.5. The van der Waals surface area contributed by atoms with Crippen molar-refractivity contribution in [3.63, 3.8) is 0 Å². The molecule has 0 aliphatic rings. The molecular formula is C25H26N6O3. The van der Waals surface area contributed by atoms with Crippen molar-refractivity contribution in [3.8, 4) is 22.5 Å². The van der Waals surface area contributed by atoms with Gasteiger partial charge in [-0.05, 0) is 41.7 Å². The fourth-order valence-corrected chi connectivity index (χ4v) is 4.02. The van der Waals surface area contributed by atoms with Gasteiger partial charge in [0.25, 0.3) is 5.56 Å². The Morgan fingerprint density at radius 3 is 2.47 bits per heavy atom. The van der Waals surface area contributed by atoms with Crippen LogP contribution in [0.25, 0.3) is 22.5 Å². The monoisotopic (exact) mass is 458 g/mol. The lowest BCUT2D eigenvalue weighted by molar-refractivity contribution is -0.137. The first-order valence-electron chi connectivity index (χ1n) is 11.2. The van der Waals surface area contributed by atoms with Crippen LogP contribution in [-0.2, 0) is 24.2 Å². The molecule has 9 heteroatoms. The highest BCUT2D eigenvalue weighted by molar-refractivity contribution is 5.80. The maximum atomic E-state index is 13.2. The lowest BCUT2D eigenvalue weighted by Crippen LogP contribution is -2.31. The number of aromatic nitrogens is 6. The smallest absolute Gasteiger partial charge is 0.323 e. The molecule has 2 aromatic heterocycles. The number of aromatic amines is 1. The van der Waals surface area contributed by atoms with Gasteiger partial charge in [0, 0.05) is 17.5 Å². The maximum Gasteiger partial charge on any atom is 0.323 e. The van der Waals surface area contributed by atoms with Gasteiger partial charge in [0.05, 0.1) is 5.69 Å². The SMILES string of the molecule is CCCCc1nc(C)n(CC(=O)O)c(=O)c1Cc1ccc(-c2ccccc2-c2nn[nH]n2)cc1. The molecule has 4 rings (SSSR count). The van der Waals surface area contributed by atoms with Gasteiger partial charge in [-0.1, -0.05) is 61.9 Å². The Morgan fingerprint density at radius 2 is 1.82 bits per heavy atom. The molecule has 0 atom stereocenters. The van der Waals surface area contributed by atoms with E-state index in [0.29, 0.717) is 30.1 Å². The predicted octanol–water partition coefficient (Wildman–Crippen LogP) is 3.42. The molecule has 2 aromatic carbocycles. The molecule has 0 aliphatic carbocycles. The van der Waals surface area contributed by atoms with Crippen molar-refractivity contribution >= 4 is 5.97 Å². The predicted molar refractivity (Wildman–Crippen MR) is 127 cm³/mol. The fourth-order valence-electron chi connectivity index (χ4n) is 4.02. The third-order valence-electron chi connectivity index (χ3n) is 5.76. The van der Waals surface area contributed by atoms with Crippen LogP contribution in [0, 0.1) is 6.92 Å². The molecule has 0 spiro atoms. The first-order valence-corrected chi connectivity index (χ1v) is 11.2. The molecule has 0 saturated heterocycles. The Labute approximate surface area is 196 Å². The second-order valence-corrected chi connectivity index (χ2v) is 8.13. The second-order valence-electron chi connectivity index (χ2n) is 8.13. The summed E-state index contributed by atoms with van der Waals surface area (Å²) in [6.07, 6.45) is 2.96. The normalized spacial score (nSPS) is 11.0. The summed E-state index contributed by atoms with van der Waals surface area (Å²) >= 11 is 0. The van der Waals surface area contributed by atoms with E-state index < -0.39 is 12.5 Å². The summed E-state index contributed by atoms with van der Waals surface area (Å²) in [5, 5.41) is 23.6. The maximum absolute atomic E-state index is 13.2. The van der Waals surface area contributed by atoms with E-state index in [4.69, 9.17) is 0 Å². The topological polar surface area (TPSA) is 127 Å². The summed E-state index contributed by atoms with van der Waals surface area (Å²) in [4.78, 5) is 29.1. The minimum atomic E-state index is -1.07. The van der Waals surface area contributed by atoms with Gasteiger partial charge < -0.3 is 5.11 Å². The Balaban J connectivity index is 1.68. The molecule has 4 aromatic rings. The van der Waals surface area contributed by atoms with E-state index in [1.54, 1.807) is 6.92 Å². The van der Waals surface area contributed by atoms with Crippen LogP contribution < -0.4 is 5.56 Å². The lowest BCUT2D eigenvalue weighted by atomic mass is 9.96. The van der Waals surface area contributed by atoms with E-state index >= 15 is 0 Å². The van der Waals surface area contributed by atoms with Crippen LogP contribution in [0.5, 0.6) is 0 Å².